The maximum atomic E-state index is 8.85. The van der Waals surface area contributed by atoms with Gasteiger partial charge in [-0.25, -0.2) is 0 Å². The molecule has 0 atom stereocenters. The average molecular weight is 301 g/mol. The van der Waals surface area contributed by atoms with Crippen LogP contribution in [0.3, 0.4) is 0 Å². The van der Waals surface area contributed by atoms with Crippen LogP contribution < -0.4 is 5.32 Å². The fourth-order valence-electron chi connectivity index (χ4n) is 2.81. The highest BCUT2D eigenvalue weighted by Gasteiger charge is 2.20. The minimum Gasteiger partial charge on any atom is -0.316 e. The highest BCUT2D eigenvalue weighted by molar-refractivity contribution is 6.30. The Kier molecular flexibility index (Phi) is 4.23. The molecule has 1 aromatic carbocycles. The summed E-state index contributed by atoms with van der Waals surface area (Å²) in [5.41, 5.74) is 4.72. The number of hydrogen-bond acceptors (Lipinski definition) is 3. The van der Waals surface area contributed by atoms with Crippen LogP contribution in [0.5, 0.6) is 0 Å². The second-order valence-corrected chi connectivity index (χ2v) is 5.60. The number of aryl methyl sites for hydroxylation is 1. The molecule has 108 valence electrons. The van der Waals surface area contributed by atoms with Gasteiger partial charge in [0.25, 0.3) is 0 Å². The number of aromatic nitrogens is 2. The standard InChI is InChI=1S/C16H17ClN4/c17-13-4-2-12(3-5-13)16-14-6-9-19-10-7-15(14)20-21(16)11-1-8-18/h2-5,19H,1,6-7,9-11H2. The highest BCUT2D eigenvalue weighted by atomic mass is 35.5. The van der Waals surface area contributed by atoms with Gasteiger partial charge in [0.15, 0.2) is 0 Å². The smallest absolute Gasteiger partial charge is 0.0718 e. The van der Waals surface area contributed by atoms with Crippen LogP contribution in [0, 0.1) is 11.3 Å². The quantitative estimate of drug-likeness (QED) is 0.948. The SMILES string of the molecule is N#CCCn1nc2c(c1-c1ccc(Cl)cc1)CCNCC2. The fourth-order valence-corrected chi connectivity index (χ4v) is 2.93. The Bertz CT molecular complexity index is 667. The molecule has 0 radical (unpaired) electrons. The van der Waals surface area contributed by atoms with Gasteiger partial charge in [0.1, 0.15) is 0 Å². The van der Waals surface area contributed by atoms with E-state index in [1.807, 2.05) is 28.9 Å². The number of nitriles is 1. The summed E-state index contributed by atoms with van der Waals surface area (Å²) < 4.78 is 1.99. The predicted molar refractivity (Wildman–Crippen MR) is 83.2 cm³/mol. The molecule has 0 aliphatic carbocycles. The lowest BCUT2D eigenvalue weighted by atomic mass is 10.0. The van der Waals surface area contributed by atoms with Gasteiger partial charge in [-0.3, -0.25) is 4.68 Å². The Morgan fingerprint density at radius 1 is 1.24 bits per heavy atom. The van der Waals surface area contributed by atoms with Crippen LogP contribution in [0.1, 0.15) is 17.7 Å². The third kappa shape index (κ3) is 2.94. The molecular formula is C16H17ClN4. The third-order valence-corrected chi connectivity index (χ3v) is 4.03. The van der Waals surface area contributed by atoms with Gasteiger partial charge in [0.05, 0.1) is 30.4 Å². The molecule has 4 nitrogen and oxygen atoms in total. The van der Waals surface area contributed by atoms with E-state index in [1.54, 1.807) is 0 Å². The van der Waals surface area contributed by atoms with Crippen molar-refractivity contribution in [3.8, 4) is 17.3 Å². The molecule has 0 saturated carbocycles. The zero-order valence-electron chi connectivity index (χ0n) is 11.8. The molecule has 0 fully saturated rings. The fraction of sp³-hybridized carbons (Fsp3) is 0.375. The second kappa shape index (κ2) is 6.30. The van der Waals surface area contributed by atoms with Gasteiger partial charge >= 0.3 is 0 Å². The van der Waals surface area contributed by atoms with Crippen LogP contribution >= 0.6 is 11.6 Å². The molecule has 0 bridgehead atoms. The molecule has 1 aliphatic heterocycles. The summed E-state index contributed by atoms with van der Waals surface area (Å²) in [6.07, 6.45) is 2.38. The molecule has 0 unspecified atom stereocenters. The van der Waals surface area contributed by atoms with Gasteiger partial charge in [-0.1, -0.05) is 23.7 Å². The number of nitrogens with zero attached hydrogens (tertiary/aromatic N) is 3. The Morgan fingerprint density at radius 3 is 2.76 bits per heavy atom. The second-order valence-electron chi connectivity index (χ2n) is 5.16. The molecule has 2 aromatic rings. The van der Waals surface area contributed by atoms with E-state index in [1.165, 1.54) is 5.56 Å². The number of fused-ring (bicyclic) bond motifs is 1. The lowest BCUT2D eigenvalue weighted by molar-refractivity contribution is 0.614. The molecule has 1 aromatic heterocycles. The first-order valence-corrected chi connectivity index (χ1v) is 7.59. The summed E-state index contributed by atoms with van der Waals surface area (Å²) in [4.78, 5) is 0. The molecular weight excluding hydrogens is 284 g/mol. The van der Waals surface area contributed by atoms with Crippen molar-refractivity contribution in [3.05, 3.63) is 40.5 Å². The lowest BCUT2D eigenvalue weighted by Gasteiger charge is -2.09. The van der Waals surface area contributed by atoms with Crippen LogP contribution in [-0.4, -0.2) is 22.9 Å². The van der Waals surface area contributed by atoms with Crippen LogP contribution in [0.4, 0.5) is 0 Å². The lowest BCUT2D eigenvalue weighted by Crippen LogP contribution is -2.17. The van der Waals surface area contributed by atoms with Gasteiger partial charge in [-0.05, 0) is 25.1 Å². The molecule has 0 spiro atoms. The minimum absolute atomic E-state index is 0.472. The van der Waals surface area contributed by atoms with Crippen molar-refractivity contribution in [3.63, 3.8) is 0 Å². The van der Waals surface area contributed by atoms with Crippen molar-refractivity contribution in [1.82, 2.24) is 15.1 Å². The minimum atomic E-state index is 0.472. The zero-order chi connectivity index (χ0) is 14.7. The maximum absolute atomic E-state index is 8.85. The first kappa shape index (κ1) is 14.1. The summed E-state index contributed by atoms with van der Waals surface area (Å²) in [6.45, 7) is 2.56. The van der Waals surface area contributed by atoms with Gasteiger partial charge in [0.2, 0.25) is 0 Å². The first-order chi connectivity index (χ1) is 10.3. The molecule has 0 saturated heterocycles. The number of rotatable bonds is 3. The van der Waals surface area contributed by atoms with Gasteiger partial charge in [-0.2, -0.15) is 10.4 Å². The third-order valence-electron chi connectivity index (χ3n) is 3.78. The van der Waals surface area contributed by atoms with Crippen molar-refractivity contribution < 1.29 is 0 Å². The van der Waals surface area contributed by atoms with E-state index in [2.05, 4.69) is 11.4 Å². The topological polar surface area (TPSA) is 53.6 Å². The average Bonchev–Trinajstić information content (AvgIpc) is 2.67. The Morgan fingerprint density at radius 2 is 2.00 bits per heavy atom. The van der Waals surface area contributed by atoms with Crippen molar-refractivity contribution in [1.29, 1.82) is 5.26 Å². The van der Waals surface area contributed by atoms with E-state index in [0.29, 0.717) is 13.0 Å². The summed E-state index contributed by atoms with van der Waals surface area (Å²) in [5, 5.41) is 17.7. The summed E-state index contributed by atoms with van der Waals surface area (Å²) in [5.74, 6) is 0. The van der Waals surface area contributed by atoms with Crippen molar-refractivity contribution >= 4 is 11.6 Å². The van der Waals surface area contributed by atoms with Crippen LogP contribution in [0.15, 0.2) is 24.3 Å². The van der Waals surface area contributed by atoms with E-state index in [4.69, 9.17) is 22.0 Å². The molecule has 1 N–H and O–H groups in total. The van der Waals surface area contributed by atoms with Crippen LogP contribution in [-0.2, 0) is 19.4 Å². The molecule has 1 aliphatic rings. The van der Waals surface area contributed by atoms with E-state index < -0.39 is 0 Å². The van der Waals surface area contributed by atoms with Gasteiger partial charge < -0.3 is 5.32 Å². The molecule has 0 amide bonds. The van der Waals surface area contributed by atoms with E-state index >= 15 is 0 Å². The van der Waals surface area contributed by atoms with E-state index in [0.717, 1.165) is 47.9 Å². The summed E-state index contributed by atoms with van der Waals surface area (Å²) in [7, 11) is 0. The largest absolute Gasteiger partial charge is 0.316 e. The zero-order valence-corrected chi connectivity index (χ0v) is 12.5. The summed E-state index contributed by atoms with van der Waals surface area (Å²) >= 11 is 5.99. The van der Waals surface area contributed by atoms with Gasteiger partial charge in [-0.15, -0.1) is 0 Å². The number of nitrogens with one attached hydrogen (secondary N) is 1. The molecule has 2 heterocycles. The monoisotopic (exact) mass is 300 g/mol. The van der Waals surface area contributed by atoms with Gasteiger partial charge in [0, 0.05) is 29.1 Å². The van der Waals surface area contributed by atoms with E-state index in [-0.39, 0.29) is 0 Å². The Labute approximate surface area is 129 Å². The Balaban J connectivity index is 2.08. The summed E-state index contributed by atoms with van der Waals surface area (Å²) in [6, 6.07) is 10.1. The van der Waals surface area contributed by atoms with Crippen molar-refractivity contribution in [2.75, 3.05) is 13.1 Å². The van der Waals surface area contributed by atoms with E-state index in [9.17, 15) is 0 Å². The molecule has 5 heteroatoms. The number of hydrogen-bond donors (Lipinski definition) is 1. The predicted octanol–water partition coefficient (Wildman–Crippen LogP) is 2.81. The normalized spacial score (nSPS) is 14.3. The maximum Gasteiger partial charge on any atom is 0.0718 e. The highest BCUT2D eigenvalue weighted by Crippen LogP contribution is 2.29. The molecule has 3 rings (SSSR count). The van der Waals surface area contributed by atoms with Crippen LogP contribution in [0.25, 0.3) is 11.3 Å². The first-order valence-electron chi connectivity index (χ1n) is 7.22. The van der Waals surface area contributed by atoms with Crippen LogP contribution in [0.2, 0.25) is 5.02 Å². The number of halogens is 1. The Hall–Kier alpha value is -1.83. The number of benzene rings is 1. The van der Waals surface area contributed by atoms with Crippen molar-refractivity contribution in [2.45, 2.75) is 25.8 Å². The van der Waals surface area contributed by atoms with Crippen molar-refractivity contribution in [2.24, 2.45) is 0 Å². The molecule has 21 heavy (non-hydrogen) atoms.